The third-order valence-electron chi connectivity index (χ3n) is 2.89. The highest BCUT2D eigenvalue weighted by Gasteiger charge is 2.09. The predicted molar refractivity (Wildman–Crippen MR) is 82.1 cm³/mol. The molecule has 0 fully saturated rings. The molecule has 0 saturated carbocycles. The lowest BCUT2D eigenvalue weighted by Crippen LogP contribution is -2.35. The van der Waals surface area contributed by atoms with E-state index >= 15 is 0 Å². The molecule has 3 heteroatoms. The second kappa shape index (κ2) is 8.18. The summed E-state index contributed by atoms with van der Waals surface area (Å²) in [4.78, 5) is 0. The Labute approximate surface area is 122 Å². The maximum atomic E-state index is 13.7. The summed E-state index contributed by atoms with van der Waals surface area (Å²) in [6, 6.07) is 5.21. The molecule has 1 aromatic carbocycles. The zero-order valence-electron chi connectivity index (χ0n) is 12.8. The van der Waals surface area contributed by atoms with Crippen LogP contribution in [0.4, 0.5) is 4.39 Å². The summed E-state index contributed by atoms with van der Waals surface area (Å²) >= 11 is 0. The van der Waals surface area contributed by atoms with E-state index in [0.29, 0.717) is 18.8 Å². The number of nitrogens with one attached hydrogen (secondary N) is 1. The summed E-state index contributed by atoms with van der Waals surface area (Å²) in [6.45, 7) is 11.7. The van der Waals surface area contributed by atoms with Crippen LogP contribution in [0.5, 0.6) is 0 Å². The number of rotatable bonds is 8. The first-order valence-electron chi connectivity index (χ1n) is 7.13. The van der Waals surface area contributed by atoms with Gasteiger partial charge in [0.2, 0.25) is 0 Å². The van der Waals surface area contributed by atoms with Crippen LogP contribution in [0.3, 0.4) is 0 Å². The van der Waals surface area contributed by atoms with E-state index in [4.69, 9.17) is 4.74 Å². The molecule has 0 aliphatic rings. The quantitative estimate of drug-likeness (QED) is 0.569. The van der Waals surface area contributed by atoms with Crippen molar-refractivity contribution in [1.29, 1.82) is 0 Å². The van der Waals surface area contributed by atoms with Gasteiger partial charge in [0.25, 0.3) is 0 Å². The van der Waals surface area contributed by atoms with Crippen LogP contribution in [-0.2, 0) is 17.9 Å². The first kappa shape index (κ1) is 16.9. The molecule has 20 heavy (non-hydrogen) atoms. The van der Waals surface area contributed by atoms with Crippen LogP contribution in [0.1, 0.15) is 44.7 Å². The largest absolute Gasteiger partial charge is 0.377 e. The molecule has 0 aliphatic carbocycles. The molecule has 1 rings (SSSR count). The van der Waals surface area contributed by atoms with Gasteiger partial charge in [-0.1, -0.05) is 12.1 Å². The minimum atomic E-state index is -0.201. The smallest absolute Gasteiger partial charge is 0.128 e. The SMILES string of the molecule is C=CCCCOCc1cc(CNC(C)(C)C)ccc1F. The van der Waals surface area contributed by atoms with Crippen LogP contribution in [0.2, 0.25) is 0 Å². The van der Waals surface area contributed by atoms with Crippen molar-refractivity contribution in [3.8, 4) is 0 Å². The maximum Gasteiger partial charge on any atom is 0.128 e. The third-order valence-corrected chi connectivity index (χ3v) is 2.89. The lowest BCUT2D eigenvalue weighted by atomic mass is 10.1. The van der Waals surface area contributed by atoms with Gasteiger partial charge in [-0.15, -0.1) is 6.58 Å². The molecule has 0 heterocycles. The fraction of sp³-hybridized carbons (Fsp3) is 0.529. The van der Waals surface area contributed by atoms with E-state index in [2.05, 4.69) is 32.7 Å². The molecule has 112 valence electrons. The first-order valence-corrected chi connectivity index (χ1v) is 7.13. The molecule has 0 radical (unpaired) electrons. The van der Waals surface area contributed by atoms with Gasteiger partial charge in [0.1, 0.15) is 5.82 Å². The zero-order chi connectivity index (χ0) is 15.0. The average molecular weight is 279 g/mol. The van der Waals surface area contributed by atoms with Gasteiger partial charge in [0.15, 0.2) is 0 Å². The van der Waals surface area contributed by atoms with Crippen molar-refractivity contribution in [2.45, 2.75) is 52.3 Å². The molecule has 0 bridgehead atoms. The van der Waals surface area contributed by atoms with E-state index in [1.54, 1.807) is 0 Å². The Morgan fingerprint density at radius 3 is 2.75 bits per heavy atom. The number of hydrogen-bond acceptors (Lipinski definition) is 2. The fourth-order valence-electron chi connectivity index (χ4n) is 1.73. The highest BCUT2D eigenvalue weighted by molar-refractivity contribution is 5.24. The Morgan fingerprint density at radius 2 is 2.10 bits per heavy atom. The minimum Gasteiger partial charge on any atom is -0.377 e. The Kier molecular flexibility index (Phi) is 6.89. The van der Waals surface area contributed by atoms with Crippen molar-refractivity contribution in [3.63, 3.8) is 0 Å². The average Bonchev–Trinajstić information content (AvgIpc) is 2.38. The molecule has 0 saturated heterocycles. The van der Waals surface area contributed by atoms with E-state index in [0.717, 1.165) is 24.9 Å². The van der Waals surface area contributed by atoms with E-state index < -0.39 is 0 Å². The number of hydrogen-bond donors (Lipinski definition) is 1. The van der Waals surface area contributed by atoms with Gasteiger partial charge in [-0.25, -0.2) is 4.39 Å². The summed E-state index contributed by atoms with van der Waals surface area (Å²) < 4.78 is 19.2. The predicted octanol–water partition coefficient (Wildman–Crippen LogP) is 4.20. The van der Waals surface area contributed by atoms with Crippen molar-refractivity contribution in [2.24, 2.45) is 0 Å². The van der Waals surface area contributed by atoms with Crippen LogP contribution in [0.25, 0.3) is 0 Å². The number of halogens is 1. The number of allylic oxidation sites excluding steroid dienone is 1. The molecule has 1 N–H and O–H groups in total. The van der Waals surface area contributed by atoms with Crippen LogP contribution in [0.15, 0.2) is 30.9 Å². The normalized spacial score (nSPS) is 11.6. The van der Waals surface area contributed by atoms with Crippen LogP contribution >= 0.6 is 0 Å². The zero-order valence-corrected chi connectivity index (χ0v) is 12.8. The second-order valence-electron chi connectivity index (χ2n) is 6.01. The van der Waals surface area contributed by atoms with Gasteiger partial charge in [-0.2, -0.15) is 0 Å². The van der Waals surface area contributed by atoms with Gasteiger partial charge >= 0.3 is 0 Å². The monoisotopic (exact) mass is 279 g/mol. The maximum absolute atomic E-state index is 13.7. The molecule has 0 aromatic heterocycles. The Hall–Kier alpha value is -1.19. The van der Waals surface area contributed by atoms with Crippen molar-refractivity contribution < 1.29 is 9.13 Å². The summed E-state index contributed by atoms with van der Waals surface area (Å²) in [6.07, 6.45) is 3.72. The van der Waals surface area contributed by atoms with Gasteiger partial charge in [0.05, 0.1) is 6.61 Å². The van der Waals surface area contributed by atoms with Crippen molar-refractivity contribution in [1.82, 2.24) is 5.32 Å². The molecular formula is C17H26FNO. The van der Waals surface area contributed by atoms with Gasteiger partial charge in [-0.05, 0) is 51.3 Å². The molecule has 0 aliphatic heterocycles. The van der Waals surface area contributed by atoms with Crippen molar-refractivity contribution in [2.75, 3.05) is 6.61 Å². The molecule has 0 spiro atoms. The lowest BCUT2D eigenvalue weighted by Gasteiger charge is -2.20. The molecule has 0 atom stereocenters. The lowest BCUT2D eigenvalue weighted by molar-refractivity contribution is 0.116. The van der Waals surface area contributed by atoms with Gasteiger partial charge < -0.3 is 10.1 Å². The van der Waals surface area contributed by atoms with Crippen LogP contribution in [0, 0.1) is 5.82 Å². The number of ether oxygens (including phenoxy) is 1. The number of unbranched alkanes of at least 4 members (excludes halogenated alkanes) is 1. The first-order chi connectivity index (χ1) is 9.42. The van der Waals surface area contributed by atoms with Crippen LogP contribution in [-0.4, -0.2) is 12.1 Å². The minimum absolute atomic E-state index is 0.0513. The fourth-order valence-corrected chi connectivity index (χ4v) is 1.73. The Bertz CT molecular complexity index is 423. The molecule has 0 unspecified atom stereocenters. The summed E-state index contributed by atoms with van der Waals surface area (Å²) in [5.41, 5.74) is 1.75. The van der Waals surface area contributed by atoms with Crippen molar-refractivity contribution >= 4 is 0 Å². The second-order valence-corrected chi connectivity index (χ2v) is 6.01. The van der Waals surface area contributed by atoms with Crippen molar-refractivity contribution in [3.05, 3.63) is 47.8 Å². The van der Waals surface area contributed by atoms with E-state index in [-0.39, 0.29) is 11.4 Å². The van der Waals surface area contributed by atoms with Crippen LogP contribution < -0.4 is 5.32 Å². The Balaban J connectivity index is 2.51. The van der Waals surface area contributed by atoms with E-state index in [1.165, 1.54) is 6.07 Å². The third kappa shape index (κ3) is 6.83. The standard InChI is InChI=1S/C17H26FNO/c1-5-6-7-10-20-13-15-11-14(8-9-16(15)18)12-19-17(2,3)4/h5,8-9,11,19H,1,6-7,10,12-13H2,2-4H3. The summed E-state index contributed by atoms with van der Waals surface area (Å²) in [5.74, 6) is -0.201. The number of benzene rings is 1. The van der Waals surface area contributed by atoms with Gasteiger partial charge in [-0.3, -0.25) is 0 Å². The topological polar surface area (TPSA) is 21.3 Å². The Morgan fingerprint density at radius 1 is 1.35 bits per heavy atom. The molecule has 0 amide bonds. The molecule has 2 nitrogen and oxygen atoms in total. The molecule has 1 aromatic rings. The molecular weight excluding hydrogens is 253 g/mol. The summed E-state index contributed by atoms with van der Waals surface area (Å²) in [7, 11) is 0. The van der Waals surface area contributed by atoms with Gasteiger partial charge in [0, 0.05) is 24.3 Å². The summed E-state index contributed by atoms with van der Waals surface area (Å²) in [5, 5.41) is 3.39. The highest BCUT2D eigenvalue weighted by Crippen LogP contribution is 2.13. The van der Waals surface area contributed by atoms with E-state index in [9.17, 15) is 4.39 Å². The van der Waals surface area contributed by atoms with E-state index in [1.807, 2.05) is 18.2 Å². The highest BCUT2D eigenvalue weighted by atomic mass is 19.1.